The lowest BCUT2D eigenvalue weighted by molar-refractivity contribution is -0.137. The van der Waals surface area contributed by atoms with Crippen molar-refractivity contribution in [3.63, 3.8) is 0 Å². The van der Waals surface area contributed by atoms with Crippen molar-refractivity contribution in [2.24, 2.45) is 0 Å². The van der Waals surface area contributed by atoms with E-state index in [-0.39, 0.29) is 22.1 Å². The van der Waals surface area contributed by atoms with E-state index in [4.69, 9.17) is 11.6 Å². The van der Waals surface area contributed by atoms with Crippen molar-refractivity contribution in [1.29, 1.82) is 0 Å². The highest BCUT2D eigenvalue weighted by Crippen LogP contribution is 2.34. The first kappa shape index (κ1) is 24.1. The predicted octanol–water partition coefficient (Wildman–Crippen LogP) is 7.60. The first-order valence-electron chi connectivity index (χ1n) is 9.80. The number of nitrogens with zero attached hydrogens (tertiary/aromatic N) is 1. The lowest BCUT2D eigenvalue weighted by atomic mass is 9.87. The van der Waals surface area contributed by atoms with Gasteiger partial charge in [-0.2, -0.15) is 13.2 Å². The number of anilines is 1. The number of carbonyl (C=O) groups is 1. The summed E-state index contributed by atoms with van der Waals surface area (Å²) in [5.74, 6) is 0.00799. The van der Waals surface area contributed by atoms with Crippen LogP contribution in [-0.2, 0) is 17.3 Å². The second-order valence-corrected chi connectivity index (χ2v) is 9.64. The molecule has 0 saturated carbocycles. The van der Waals surface area contributed by atoms with Gasteiger partial charge in [0.2, 0.25) is 0 Å². The van der Waals surface area contributed by atoms with Crippen molar-refractivity contribution in [2.75, 3.05) is 5.32 Å². The lowest BCUT2D eigenvalue weighted by Gasteiger charge is -2.19. The van der Waals surface area contributed by atoms with Gasteiger partial charge in [-0.15, -0.1) is 11.8 Å². The van der Waals surface area contributed by atoms with Crippen molar-refractivity contribution in [3.05, 3.63) is 88.2 Å². The van der Waals surface area contributed by atoms with Crippen molar-refractivity contribution in [1.82, 2.24) is 4.98 Å². The van der Waals surface area contributed by atoms with E-state index in [1.54, 1.807) is 24.3 Å². The highest BCUT2D eigenvalue weighted by Gasteiger charge is 2.31. The maximum Gasteiger partial charge on any atom is 0.417 e. The first-order valence-corrected chi connectivity index (χ1v) is 11.2. The van der Waals surface area contributed by atoms with Crippen molar-refractivity contribution in [2.45, 2.75) is 43.0 Å². The van der Waals surface area contributed by atoms with E-state index >= 15 is 0 Å². The molecule has 1 heterocycles. The molecular formula is C24H22ClF3N2OS. The number of hydrogen-bond donors (Lipinski definition) is 1. The minimum absolute atomic E-state index is 0.00808. The lowest BCUT2D eigenvalue weighted by Crippen LogP contribution is -2.14. The molecule has 0 fully saturated rings. The number of hydrogen-bond acceptors (Lipinski definition) is 3. The number of aromatic nitrogens is 1. The molecule has 1 N–H and O–H groups in total. The van der Waals surface area contributed by atoms with E-state index in [1.165, 1.54) is 11.8 Å². The standard InChI is InChI=1S/C24H22ClF3N2OS/c1-23(2,3)16-10-8-15(9-11-16)22(31)30-19-6-4-5-7-21(19)32-14-20-18(25)12-17(13-29-20)24(26,27)28/h4-13H,14H2,1-3H3,(H,30,31). The second kappa shape index (κ2) is 9.55. The number of halogens is 4. The molecule has 3 rings (SSSR count). The van der Waals surface area contributed by atoms with E-state index in [2.05, 4.69) is 31.1 Å². The van der Waals surface area contributed by atoms with Gasteiger partial charge in [0.1, 0.15) is 0 Å². The molecule has 0 aliphatic heterocycles. The molecule has 0 saturated heterocycles. The number of pyridine rings is 1. The van der Waals surface area contributed by atoms with Gasteiger partial charge in [-0.25, -0.2) is 0 Å². The fourth-order valence-electron chi connectivity index (χ4n) is 2.89. The number of rotatable bonds is 5. The molecule has 0 spiro atoms. The number of benzene rings is 2. The molecule has 8 heteroatoms. The van der Waals surface area contributed by atoms with Crippen LogP contribution in [0.2, 0.25) is 5.02 Å². The zero-order valence-electron chi connectivity index (χ0n) is 17.8. The van der Waals surface area contributed by atoms with Gasteiger partial charge in [-0.05, 0) is 41.3 Å². The molecule has 2 aromatic carbocycles. The largest absolute Gasteiger partial charge is 0.417 e. The van der Waals surface area contributed by atoms with Crippen LogP contribution in [0.4, 0.5) is 18.9 Å². The van der Waals surface area contributed by atoms with Gasteiger partial charge in [0, 0.05) is 22.4 Å². The van der Waals surface area contributed by atoms with Gasteiger partial charge < -0.3 is 5.32 Å². The van der Waals surface area contributed by atoms with Crippen LogP contribution in [0, 0.1) is 0 Å². The zero-order valence-corrected chi connectivity index (χ0v) is 19.3. The molecule has 32 heavy (non-hydrogen) atoms. The summed E-state index contributed by atoms with van der Waals surface area (Å²) in [5, 5.41) is 2.85. The Morgan fingerprint density at radius 1 is 1.03 bits per heavy atom. The normalized spacial score (nSPS) is 12.0. The summed E-state index contributed by atoms with van der Waals surface area (Å²) in [6.07, 6.45) is -3.72. The van der Waals surface area contributed by atoms with Gasteiger partial charge in [0.25, 0.3) is 5.91 Å². The smallest absolute Gasteiger partial charge is 0.321 e. The fraction of sp³-hybridized carbons (Fsp3) is 0.250. The minimum atomic E-state index is -4.50. The van der Waals surface area contributed by atoms with Crippen LogP contribution in [0.25, 0.3) is 0 Å². The van der Waals surface area contributed by atoms with Crippen LogP contribution < -0.4 is 5.32 Å². The SMILES string of the molecule is CC(C)(C)c1ccc(C(=O)Nc2ccccc2SCc2ncc(C(F)(F)F)cc2Cl)cc1. The molecule has 0 aliphatic carbocycles. The molecule has 0 unspecified atom stereocenters. The summed E-state index contributed by atoms with van der Waals surface area (Å²) < 4.78 is 38.4. The van der Waals surface area contributed by atoms with Crippen LogP contribution in [0.15, 0.2) is 65.7 Å². The number of thioether (sulfide) groups is 1. The zero-order chi connectivity index (χ0) is 23.5. The Bertz CT molecular complexity index is 1110. The summed E-state index contributed by atoms with van der Waals surface area (Å²) in [7, 11) is 0. The summed E-state index contributed by atoms with van der Waals surface area (Å²) in [6.45, 7) is 6.31. The number of nitrogens with one attached hydrogen (secondary N) is 1. The van der Waals surface area contributed by atoms with Gasteiger partial charge in [-0.1, -0.05) is 56.6 Å². The van der Waals surface area contributed by atoms with E-state index < -0.39 is 11.7 Å². The Kier molecular flexibility index (Phi) is 7.20. The highest BCUT2D eigenvalue weighted by molar-refractivity contribution is 7.98. The summed E-state index contributed by atoms with van der Waals surface area (Å²) in [6, 6.07) is 15.5. The summed E-state index contributed by atoms with van der Waals surface area (Å²) >= 11 is 7.33. The third-order valence-corrected chi connectivity index (χ3v) is 6.17. The first-order chi connectivity index (χ1) is 14.9. The Balaban J connectivity index is 1.72. The third-order valence-electron chi connectivity index (χ3n) is 4.76. The van der Waals surface area contributed by atoms with Gasteiger partial charge >= 0.3 is 6.18 Å². The molecular weight excluding hydrogens is 457 g/mol. The quantitative estimate of drug-likeness (QED) is 0.384. The van der Waals surface area contributed by atoms with Crippen LogP contribution in [0.1, 0.15) is 48.0 Å². The Morgan fingerprint density at radius 2 is 1.69 bits per heavy atom. The Morgan fingerprint density at radius 3 is 2.28 bits per heavy atom. The van der Waals surface area contributed by atoms with Crippen molar-refractivity contribution in [3.8, 4) is 0 Å². The van der Waals surface area contributed by atoms with Gasteiger partial charge in [0.05, 0.1) is 22.0 Å². The highest BCUT2D eigenvalue weighted by atomic mass is 35.5. The Labute approximate surface area is 194 Å². The summed E-state index contributed by atoms with van der Waals surface area (Å²) in [5.41, 5.74) is 1.71. The van der Waals surface area contributed by atoms with Crippen LogP contribution >= 0.6 is 23.4 Å². The van der Waals surface area contributed by atoms with E-state index in [0.29, 0.717) is 16.9 Å². The average molecular weight is 479 g/mol. The number of para-hydroxylation sites is 1. The molecule has 1 aromatic heterocycles. The molecule has 0 radical (unpaired) electrons. The maximum absolute atomic E-state index is 12.8. The van der Waals surface area contributed by atoms with Gasteiger partial charge in [0.15, 0.2) is 0 Å². The van der Waals surface area contributed by atoms with Crippen LogP contribution in [0.3, 0.4) is 0 Å². The molecule has 3 nitrogen and oxygen atoms in total. The average Bonchev–Trinajstić information content (AvgIpc) is 2.72. The van der Waals surface area contributed by atoms with Crippen LogP contribution in [0.5, 0.6) is 0 Å². The summed E-state index contributed by atoms with van der Waals surface area (Å²) in [4.78, 5) is 17.3. The number of carbonyl (C=O) groups excluding carboxylic acids is 1. The van der Waals surface area contributed by atoms with E-state index in [9.17, 15) is 18.0 Å². The monoisotopic (exact) mass is 478 g/mol. The van der Waals surface area contributed by atoms with Crippen LogP contribution in [-0.4, -0.2) is 10.9 Å². The van der Waals surface area contributed by atoms with E-state index in [0.717, 1.165) is 22.7 Å². The topological polar surface area (TPSA) is 42.0 Å². The Hall–Kier alpha value is -2.51. The minimum Gasteiger partial charge on any atom is -0.321 e. The van der Waals surface area contributed by atoms with Gasteiger partial charge in [-0.3, -0.25) is 9.78 Å². The second-order valence-electron chi connectivity index (χ2n) is 8.22. The molecule has 0 bridgehead atoms. The van der Waals surface area contributed by atoms with E-state index in [1.807, 2.05) is 24.3 Å². The number of amides is 1. The molecule has 0 aliphatic rings. The van der Waals surface area contributed by atoms with Crippen molar-refractivity contribution < 1.29 is 18.0 Å². The predicted molar refractivity (Wildman–Crippen MR) is 123 cm³/mol. The van der Waals surface area contributed by atoms with Crippen molar-refractivity contribution >= 4 is 35.0 Å². The third kappa shape index (κ3) is 6.04. The fourth-order valence-corrected chi connectivity index (χ4v) is 4.17. The molecule has 0 atom stereocenters. The molecule has 168 valence electrons. The molecule has 1 amide bonds. The molecule has 3 aromatic rings. The number of alkyl halides is 3. The maximum atomic E-state index is 12.8.